The molecule has 0 aromatic carbocycles. The maximum absolute atomic E-state index is 11.7. The third-order valence-electron chi connectivity index (χ3n) is 11.6. The lowest BCUT2D eigenvalue weighted by Gasteiger charge is -2.61. The molecule has 0 aliphatic heterocycles. The molecule has 3 heteroatoms. The molecule has 3 nitrogen and oxygen atoms in total. The maximum Gasteiger partial charge on any atom is 0.305 e. The van der Waals surface area contributed by atoms with E-state index in [0.717, 1.165) is 36.0 Å². The molecule has 10 atom stereocenters. The smallest absolute Gasteiger partial charge is 0.305 e. The molecular formula is C26H42O3. The Kier molecular flexibility index (Phi) is 4.71. The molecule has 5 aliphatic carbocycles. The van der Waals surface area contributed by atoms with Crippen molar-refractivity contribution in [3.05, 3.63) is 0 Å². The highest BCUT2D eigenvalue weighted by Crippen LogP contribution is 2.82. The van der Waals surface area contributed by atoms with Crippen LogP contribution in [-0.2, 0) is 14.3 Å². The molecule has 29 heavy (non-hydrogen) atoms. The summed E-state index contributed by atoms with van der Waals surface area (Å²) in [6.07, 6.45) is 13.3. The van der Waals surface area contributed by atoms with Gasteiger partial charge < -0.3 is 9.47 Å². The van der Waals surface area contributed by atoms with Crippen LogP contribution in [0.15, 0.2) is 0 Å². The van der Waals surface area contributed by atoms with Crippen molar-refractivity contribution in [2.24, 2.45) is 51.8 Å². The zero-order valence-corrected chi connectivity index (χ0v) is 19.3. The van der Waals surface area contributed by atoms with Crippen LogP contribution in [0.5, 0.6) is 0 Å². The quantitative estimate of drug-likeness (QED) is 0.540. The molecule has 1 spiro atoms. The zero-order chi connectivity index (χ0) is 20.6. The molecule has 0 N–H and O–H groups in total. The molecule has 0 saturated heterocycles. The van der Waals surface area contributed by atoms with Crippen LogP contribution in [0.2, 0.25) is 0 Å². The van der Waals surface area contributed by atoms with Gasteiger partial charge in [-0.05, 0) is 104 Å². The van der Waals surface area contributed by atoms with Gasteiger partial charge in [-0.3, -0.25) is 4.79 Å². The lowest BCUT2D eigenvalue weighted by molar-refractivity contribution is -0.161. The first-order chi connectivity index (χ1) is 13.8. The number of rotatable bonds is 5. The normalized spacial score (nSPS) is 53.4. The summed E-state index contributed by atoms with van der Waals surface area (Å²) in [5.74, 6) is 4.92. The van der Waals surface area contributed by atoms with E-state index in [1.807, 2.05) is 7.11 Å². The van der Waals surface area contributed by atoms with Crippen molar-refractivity contribution in [2.75, 3.05) is 14.2 Å². The number of hydrogen-bond acceptors (Lipinski definition) is 3. The molecule has 0 bridgehead atoms. The van der Waals surface area contributed by atoms with Gasteiger partial charge in [-0.1, -0.05) is 20.8 Å². The molecule has 0 aromatic rings. The Labute approximate surface area is 177 Å². The van der Waals surface area contributed by atoms with Crippen LogP contribution in [0.3, 0.4) is 0 Å². The van der Waals surface area contributed by atoms with Crippen molar-refractivity contribution in [1.82, 2.24) is 0 Å². The molecule has 5 saturated carbocycles. The van der Waals surface area contributed by atoms with Crippen molar-refractivity contribution in [3.63, 3.8) is 0 Å². The van der Waals surface area contributed by atoms with Crippen molar-refractivity contribution in [3.8, 4) is 0 Å². The minimum absolute atomic E-state index is 0.0473. The fourth-order valence-electron chi connectivity index (χ4n) is 10.2. The van der Waals surface area contributed by atoms with Gasteiger partial charge in [0.25, 0.3) is 0 Å². The average molecular weight is 403 g/mol. The molecule has 5 fully saturated rings. The Morgan fingerprint density at radius 1 is 1.07 bits per heavy atom. The highest BCUT2D eigenvalue weighted by molar-refractivity contribution is 5.69. The average Bonchev–Trinajstić information content (AvgIpc) is 3.22. The van der Waals surface area contributed by atoms with Gasteiger partial charge in [-0.25, -0.2) is 0 Å². The van der Waals surface area contributed by atoms with Crippen molar-refractivity contribution >= 4 is 5.97 Å². The van der Waals surface area contributed by atoms with E-state index in [-0.39, 0.29) is 5.97 Å². The monoisotopic (exact) mass is 402 g/mol. The second-order valence-electron chi connectivity index (χ2n) is 12.1. The van der Waals surface area contributed by atoms with E-state index in [2.05, 4.69) is 20.8 Å². The largest absolute Gasteiger partial charge is 0.469 e. The van der Waals surface area contributed by atoms with Crippen molar-refractivity contribution < 1.29 is 14.3 Å². The summed E-state index contributed by atoms with van der Waals surface area (Å²) in [6, 6.07) is 0. The number of ether oxygens (including phenoxy) is 2. The topological polar surface area (TPSA) is 35.5 Å². The number of fused-ring (bicyclic) bond motifs is 4. The number of carbonyl (C=O) groups is 1. The Hall–Kier alpha value is -0.570. The van der Waals surface area contributed by atoms with E-state index in [4.69, 9.17) is 9.47 Å². The van der Waals surface area contributed by atoms with Crippen LogP contribution in [-0.4, -0.2) is 26.3 Å². The zero-order valence-electron chi connectivity index (χ0n) is 19.3. The summed E-state index contributed by atoms with van der Waals surface area (Å²) in [4.78, 5) is 11.7. The van der Waals surface area contributed by atoms with Crippen LogP contribution < -0.4 is 0 Å². The Bertz CT molecular complexity index is 675. The SMILES string of the molecule is COC(=O)CCC(C)C1CCC2C3CC(OC)C45CC4CCC5(C)C3CCC12C. The summed E-state index contributed by atoms with van der Waals surface area (Å²) >= 11 is 0. The molecule has 0 radical (unpaired) electrons. The minimum Gasteiger partial charge on any atom is -0.469 e. The standard InChI is InChI=1S/C26H42O3/c1-16(6-9-23(27)29-5)19-7-8-20-18-14-22(28-4)26-15-17(26)10-13-25(26,3)21(18)11-12-24(19,20)2/h16-22H,6-15H2,1-5H3. The molecule has 10 unspecified atom stereocenters. The van der Waals surface area contributed by atoms with E-state index >= 15 is 0 Å². The van der Waals surface area contributed by atoms with Crippen LogP contribution in [0.1, 0.15) is 85.0 Å². The van der Waals surface area contributed by atoms with Crippen molar-refractivity contribution in [2.45, 2.75) is 91.1 Å². The molecule has 0 aromatic heterocycles. The maximum atomic E-state index is 11.7. The first-order valence-electron chi connectivity index (χ1n) is 12.4. The fourth-order valence-corrected chi connectivity index (χ4v) is 10.2. The van der Waals surface area contributed by atoms with E-state index in [1.54, 1.807) is 0 Å². The van der Waals surface area contributed by atoms with Gasteiger partial charge in [0.05, 0.1) is 13.2 Å². The van der Waals surface area contributed by atoms with Crippen LogP contribution in [0, 0.1) is 51.8 Å². The van der Waals surface area contributed by atoms with Gasteiger partial charge in [-0.2, -0.15) is 0 Å². The Balaban J connectivity index is 1.37. The van der Waals surface area contributed by atoms with Crippen LogP contribution in [0.4, 0.5) is 0 Å². The summed E-state index contributed by atoms with van der Waals surface area (Å²) in [7, 11) is 3.50. The predicted molar refractivity (Wildman–Crippen MR) is 114 cm³/mol. The molecule has 164 valence electrons. The van der Waals surface area contributed by atoms with E-state index < -0.39 is 0 Å². The third kappa shape index (κ3) is 2.55. The number of hydrogen-bond donors (Lipinski definition) is 0. The van der Waals surface area contributed by atoms with Gasteiger partial charge in [0.2, 0.25) is 0 Å². The summed E-state index contributed by atoms with van der Waals surface area (Å²) < 4.78 is 11.1. The number of carbonyl (C=O) groups excluding carboxylic acids is 1. The van der Waals surface area contributed by atoms with Crippen LogP contribution >= 0.6 is 0 Å². The summed E-state index contributed by atoms with van der Waals surface area (Å²) in [6.45, 7) is 7.68. The van der Waals surface area contributed by atoms with Gasteiger partial charge in [0.15, 0.2) is 0 Å². The highest BCUT2D eigenvalue weighted by atomic mass is 16.5. The first kappa shape index (κ1) is 20.3. The number of methoxy groups -OCH3 is 2. The molecule has 0 heterocycles. The Morgan fingerprint density at radius 2 is 1.86 bits per heavy atom. The van der Waals surface area contributed by atoms with Gasteiger partial charge in [0.1, 0.15) is 0 Å². The van der Waals surface area contributed by atoms with E-state index in [0.29, 0.717) is 34.7 Å². The highest BCUT2D eigenvalue weighted by Gasteiger charge is 2.77. The molecule has 0 amide bonds. The van der Waals surface area contributed by atoms with Gasteiger partial charge in [-0.15, -0.1) is 0 Å². The second kappa shape index (κ2) is 6.71. The van der Waals surface area contributed by atoms with Crippen LogP contribution in [0.25, 0.3) is 0 Å². The lowest BCUT2D eigenvalue weighted by Crippen LogP contribution is -2.57. The predicted octanol–water partition coefficient (Wildman–Crippen LogP) is 5.86. The fraction of sp³-hybridized carbons (Fsp3) is 0.962. The Morgan fingerprint density at radius 3 is 2.55 bits per heavy atom. The third-order valence-corrected chi connectivity index (χ3v) is 11.6. The molecule has 5 aliphatic rings. The second-order valence-corrected chi connectivity index (χ2v) is 12.1. The molecule has 5 rings (SSSR count). The minimum atomic E-state index is -0.0473. The number of esters is 1. The van der Waals surface area contributed by atoms with Gasteiger partial charge >= 0.3 is 5.97 Å². The molecular weight excluding hydrogens is 360 g/mol. The summed E-state index contributed by atoms with van der Waals surface area (Å²) in [5.41, 5.74) is 1.51. The summed E-state index contributed by atoms with van der Waals surface area (Å²) in [5, 5.41) is 0. The first-order valence-corrected chi connectivity index (χ1v) is 12.4. The lowest BCUT2D eigenvalue weighted by atomic mass is 9.45. The van der Waals surface area contributed by atoms with Crippen molar-refractivity contribution in [1.29, 1.82) is 0 Å². The van der Waals surface area contributed by atoms with E-state index in [9.17, 15) is 4.79 Å². The van der Waals surface area contributed by atoms with Gasteiger partial charge in [0, 0.05) is 18.9 Å². The van der Waals surface area contributed by atoms with E-state index in [1.165, 1.54) is 58.5 Å².